The summed E-state index contributed by atoms with van der Waals surface area (Å²) in [5, 5.41) is 0. The van der Waals surface area contributed by atoms with Crippen LogP contribution in [0.25, 0.3) is 0 Å². The molecule has 0 spiro atoms. The van der Waals surface area contributed by atoms with E-state index in [1.807, 2.05) is 0 Å². The van der Waals surface area contributed by atoms with Crippen molar-refractivity contribution in [3.63, 3.8) is 0 Å². The van der Waals surface area contributed by atoms with E-state index >= 15 is 0 Å². The largest absolute Gasteiger partial charge is 0.414 e. The van der Waals surface area contributed by atoms with Crippen LogP contribution < -0.4 is 0 Å². The lowest BCUT2D eigenvalue weighted by atomic mass is 9.97. The third kappa shape index (κ3) is 4.95. The molecule has 0 saturated carbocycles. The number of hydrogen-bond acceptors (Lipinski definition) is 1. The van der Waals surface area contributed by atoms with Gasteiger partial charge in [-0.1, -0.05) is 58.0 Å². The number of hydrogen-bond donors (Lipinski definition) is 0. The third-order valence-electron chi connectivity index (χ3n) is 3.24. The molecular weight excluding hydrogens is 236 g/mol. The second kappa shape index (κ2) is 6.53. The van der Waals surface area contributed by atoms with Crippen molar-refractivity contribution in [2.45, 2.75) is 52.9 Å². The molecule has 0 bridgehead atoms. The van der Waals surface area contributed by atoms with Crippen LogP contribution in [-0.4, -0.2) is 14.4 Å². The summed E-state index contributed by atoms with van der Waals surface area (Å²) in [7, 11) is -1.63. The summed E-state index contributed by atoms with van der Waals surface area (Å²) in [6, 6.07) is 11.8. The van der Waals surface area contributed by atoms with Gasteiger partial charge in [0.05, 0.1) is 0 Å². The second-order valence-electron chi connectivity index (χ2n) is 6.49. The molecule has 0 aliphatic carbocycles. The number of rotatable bonds is 6. The van der Waals surface area contributed by atoms with E-state index in [0.29, 0.717) is 17.9 Å². The van der Waals surface area contributed by atoms with Gasteiger partial charge in [0.2, 0.25) is 0 Å². The zero-order valence-electron chi connectivity index (χ0n) is 12.7. The minimum absolute atomic E-state index is 0.385. The Balaban J connectivity index is 2.68. The van der Waals surface area contributed by atoms with Crippen LogP contribution in [0.15, 0.2) is 30.3 Å². The van der Waals surface area contributed by atoms with Crippen LogP contribution in [-0.2, 0) is 10.5 Å². The first-order valence-electron chi connectivity index (χ1n) is 7.03. The quantitative estimate of drug-likeness (QED) is 0.678. The van der Waals surface area contributed by atoms with Crippen LogP contribution >= 0.6 is 0 Å². The van der Waals surface area contributed by atoms with E-state index in [9.17, 15) is 0 Å². The molecule has 0 aliphatic heterocycles. The van der Waals surface area contributed by atoms with Crippen molar-refractivity contribution in [3.05, 3.63) is 35.9 Å². The summed E-state index contributed by atoms with van der Waals surface area (Å²) in [6.07, 6.45) is 0.385. The zero-order chi connectivity index (χ0) is 13.8. The van der Waals surface area contributed by atoms with Crippen molar-refractivity contribution >= 4 is 8.32 Å². The van der Waals surface area contributed by atoms with E-state index in [2.05, 4.69) is 71.1 Å². The molecule has 0 radical (unpaired) electrons. The van der Waals surface area contributed by atoms with E-state index in [1.54, 1.807) is 0 Å². The maximum absolute atomic E-state index is 6.50. The molecule has 18 heavy (non-hydrogen) atoms. The van der Waals surface area contributed by atoms with Crippen molar-refractivity contribution in [3.8, 4) is 0 Å². The van der Waals surface area contributed by atoms with Gasteiger partial charge in [0.25, 0.3) is 0 Å². The molecule has 1 nitrogen and oxygen atoms in total. The van der Waals surface area contributed by atoms with Crippen LogP contribution in [0.2, 0.25) is 13.1 Å². The van der Waals surface area contributed by atoms with Gasteiger partial charge in [0.1, 0.15) is 0 Å². The highest BCUT2D eigenvalue weighted by Crippen LogP contribution is 2.23. The average molecular weight is 264 g/mol. The summed E-state index contributed by atoms with van der Waals surface area (Å²) in [5.41, 5.74) is 1.40. The van der Waals surface area contributed by atoms with E-state index in [1.165, 1.54) is 5.56 Å². The predicted octanol–water partition coefficient (Wildman–Crippen LogP) is 4.67. The summed E-state index contributed by atoms with van der Waals surface area (Å²) >= 11 is 0. The summed E-state index contributed by atoms with van der Waals surface area (Å²) in [6.45, 7) is 13.7. The molecule has 1 aromatic carbocycles. The third-order valence-corrected chi connectivity index (χ3v) is 5.41. The van der Waals surface area contributed by atoms with Crippen LogP contribution in [0.4, 0.5) is 0 Å². The van der Waals surface area contributed by atoms with Gasteiger partial charge >= 0.3 is 0 Å². The highest BCUT2D eigenvalue weighted by atomic mass is 28.4. The SMILES string of the molecule is CC(C)C(O[Si](C)(C)Cc1ccccc1)C(C)C. The molecule has 102 valence electrons. The molecule has 0 heterocycles. The smallest absolute Gasteiger partial charge is 0.191 e. The van der Waals surface area contributed by atoms with Crippen molar-refractivity contribution in [2.75, 3.05) is 0 Å². The minimum atomic E-state index is -1.63. The molecule has 0 saturated heterocycles. The van der Waals surface area contributed by atoms with Gasteiger partial charge in [-0.3, -0.25) is 0 Å². The summed E-state index contributed by atoms with van der Waals surface area (Å²) < 4.78 is 6.50. The summed E-state index contributed by atoms with van der Waals surface area (Å²) in [5.74, 6) is 1.18. The first-order valence-corrected chi connectivity index (χ1v) is 10.1. The first kappa shape index (κ1) is 15.5. The maximum Gasteiger partial charge on any atom is 0.191 e. The second-order valence-corrected chi connectivity index (χ2v) is 10.6. The minimum Gasteiger partial charge on any atom is -0.414 e. The van der Waals surface area contributed by atoms with Gasteiger partial charge in [0, 0.05) is 6.10 Å². The van der Waals surface area contributed by atoms with Gasteiger partial charge in [-0.2, -0.15) is 0 Å². The van der Waals surface area contributed by atoms with Crippen LogP contribution in [0.3, 0.4) is 0 Å². The molecule has 0 fully saturated rings. The Morgan fingerprint density at radius 2 is 1.44 bits per heavy atom. The molecule has 2 heteroatoms. The molecule has 0 atom stereocenters. The molecule has 0 unspecified atom stereocenters. The highest BCUT2D eigenvalue weighted by molar-refractivity contribution is 6.70. The van der Waals surface area contributed by atoms with Gasteiger partial charge in [-0.15, -0.1) is 0 Å². The van der Waals surface area contributed by atoms with E-state index < -0.39 is 8.32 Å². The Morgan fingerprint density at radius 1 is 0.944 bits per heavy atom. The molecule has 0 aliphatic rings. The van der Waals surface area contributed by atoms with Crippen LogP contribution in [0, 0.1) is 11.8 Å². The Hall–Kier alpha value is -0.603. The highest BCUT2D eigenvalue weighted by Gasteiger charge is 2.30. The number of benzene rings is 1. The molecule has 0 N–H and O–H groups in total. The van der Waals surface area contributed by atoms with Gasteiger partial charge in [0.15, 0.2) is 8.32 Å². The van der Waals surface area contributed by atoms with Crippen LogP contribution in [0.1, 0.15) is 33.3 Å². The fourth-order valence-electron chi connectivity index (χ4n) is 2.54. The van der Waals surface area contributed by atoms with Gasteiger partial charge in [-0.25, -0.2) is 0 Å². The Labute approximate surface area is 114 Å². The Bertz CT molecular complexity index is 335. The average Bonchev–Trinajstić information content (AvgIpc) is 2.26. The standard InChI is InChI=1S/C16H28OSi/c1-13(2)16(14(3)4)17-18(5,6)12-15-10-8-7-9-11-15/h7-11,13-14,16H,12H2,1-6H3. The lowest BCUT2D eigenvalue weighted by Gasteiger charge is -2.34. The molecule has 0 aromatic heterocycles. The van der Waals surface area contributed by atoms with Crippen molar-refractivity contribution < 1.29 is 4.43 Å². The fourth-order valence-corrected chi connectivity index (χ4v) is 5.12. The van der Waals surface area contributed by atoms with E-state index in [-0.39, 0.29) is 0 Å². The molecular formula is C16H28OSi. The monoisotopic (exact) mass is 264 g/mol. The fraction of sp³-hybridized carbons (Fsp3) is 0.625. The zero-order valence-corrected chi connectivity index (χ0v) is 13.7. The maximum atomic E-state index is 6.50. The molecule has 1 rings (SSSR count). The molecule has 0 amide bonds. The Morgan fingerprint density at radius 3 is 1.89 bits per heavy atom. The van der Waals surface area contributed by atoms with E-state index in [0.717, 1.165) is 6.04 Å². The normalized spacial score (nSPS) is 12.7. The molecule has 1 aromatic rings. The van der Waals surface area contributed by atoms with E-state index in [4.69, 9.17) is 4.43 Å². The van der Waals surface area contributed by atoms with Gasteiger partial charge < -0.3 is 4.43 Å². The van der Waals surface area contributed by atoms with Crippen molar-refractivity contribution in [1.29, 1.82) is 0 Å². The first-order chi connectivity index (χ1) is 8.32. The lowest BCUT2D eigenvalue weighted by molar-refractivity contribution is 0.0956. The van der Waals surface area contributed by atoms with Gasteiger partial charge in [-0.05, 0) is 36.5 Å². The van der Waals surface area contributed by atoms with Crippen molar-refractivity contribution in [1.82, 2.24) is 0 Å². The van der Waals surface area contributed by atoms with Crippen LogP contribution in [0.5, 0.6) is 0 Å². The van der Waals surface area contributed by atoms with Crippen molar-refractivity contribution in [2.24, 2.45) is 11.8 Å². The predicted molar refractivity (Wildman–Crippen MR) is 82.2 cm³/mol. The Kier molecular flexibility index (Phi) is 5.61. The summed E-state index contributed by atoms with van der Waals surface area (Å²) in [4.78, 5) is 0. The lowest BCUT2D eigenvalue weighted by Crippen LogP contribution is -2.42. The topological polar surface area (TPSA) is 9.23 Å².